The first-order valence-corrected chi connectivity index (χ1v) is 47.6. The second-order valence-electron chi connectivity index (χ2n) is 37.6. The summed E-state index contributed by atoms with van der Waals surface area (Å²) in [4.78, 5) is 84.4. The Balaban J connectivity index is -0.000000134. The van der Waals surface area contributed by atoms with Crippen LogP contribution in [-0.4, -0.2) is 41.8 Å². The van der Waals surface area contributed by atoms with Gasteiger partial charge in [-0.1, -0.05) is 460 Å². The summed E-state index contributed by atoms with van der Waals surface area (Å²) < 4.78 is 39.9. The van der Waals surface area contributed by atoms with Gasteiger partial charge in [0, 0.05) is 11.8 Å². The zero-order valence-electron chi connectivity index (χ0n) is 82.4. The highest BCUT2D eigenvalue weighted by atomic mass is 16.6. The number of rotatable bonds is 36. The minimum atomic E-state index is -0.415. The number of benzene rings is 7. The van der Waals surface area contributed by atoms with Crippen LogP contribution in [0.2, 0.25) is 0 Å². The second kappa shape index (κ2) is 82.3. The lowest BCUT2D eigenvalue weighted by Gasteiger charge is -2.29. The first-order valence-electron chi connectivity index (χ1n) is 47.6. The summed E-state index contributed by atoms with van der Waals surface area (Å²) in [5, 5.41) is 0. The van der Waals surface area contributed by atoms with Gasteiger partial charge in [0.1, 0.15) is 42.7 Å². The van der Waals surface area contributed by atoms with E-state index >= 15 is 0 Å². The Bertz CT molecular complexity index is 4150. The third-order valence-electron chi connectivity index (χ3n) is 25.0. The Morgan fingerprint density at radius 3 is 0.800 bits per heavy atom. The van der Waals surface area contributed by atoms with E-state index in [4.69, 9.17) is 33.2 Å². The number of aryl methyl sites for hydroxylation is 1. The molecule has 10 unspecified atom stereocenters. The maximum absolute atomic E-state index is 12.4. The molecule has 14 heteroatoms. The molecular formula is C126H220O14. The summed E-state index contributed by atoms with van der Waals surface area (Å²) in [7, 11) is 0. The maximum Gasteiger partial charge on any atom is 0.312 e. The van der Waals surface area contributed by atoms with E-state index in [1.165, 1.54) is 51.4 Å². The minimum absolute atomic E-state index is 0. The molecule has 2 saturated carbocycles. The van der Waals surface area contributed by atoms with E-state index < -0.39 is 21.7 Å². The van der Waals surface area contributed by atoms with Crippen molar-refractivity contribution in [2.75, 3.05) is 0 Å². The number of hydrogen-bond donors (Lipinski definition) is 0. The number of carbonyl (C=O) groups is 7. The highest BCUT2D eigenvalue weighted by molar-refractivity contribution is 5.78. The van der Waals surface area contributed by atoms with E-state index in [1.54, 1.807) is 0 Å². The largest absolute Gasteiger partial charge is 0.457 e. The van der Waals surface area contributed by atoms with Gasteiger partial charge in [-0.3, -0.25) is 33.6 Å². The van der Waals surface area contributed by atoms with E-state index in [9.17, 15) is 33.6 Å². The molecule has 0 bridgehead atoms. The Morgan fingerprint density at radius 1 is 0.279 bits per heavy atom. The van der Waals surface area contributed by atoms with Crippen molar-refractivity contribution in [3.05, 3.63) is 251 Å². The number of hydrogen-bond acceptors (Lipinski definition) is 14. The van der Waals surface area contributed by atoms with Gasteiger partial charge in [0.05, 0.1) is 39.4 Å². The second-order valence-corrected chi connectivity index (χ2v) is 37.6. The molecule has 140 heavy (non-hydrogen) atoms. The monoisotopic (exact) mass is 1960 g/mol. The maximum atomic E-state index is 12.4. The van der Waals surface area contributed by atoms with Crippen molar-refractivity contribution in [3.8, 4) is 0 Å². The van der Waals surface area contributed by atoms with Gasteiger partial charge >= 0.3 is 41.8 Å². The molecule has 0 saturated heterocycles. The first-order chi connectivity index (χ1) is 59.8. The van der Waals surface area contributed by atoms with E-state index in [0.29, 0.717) is 11.8 Å². The van der Waals surface area contributed by atoms with Crippen LogP contribution in [0.3, 0.4) is 0 Å². The van der Waals surface area contributed by atoms with Gasteiger partial charge in [-0.15, -0.1) is 0 Å². The molecule has 0 amide bonds. The molecule has 14 nitrogen and oxygen atoms in total. The molecule has 2 aliphatic rings. The molecular weight excluding hydrogens is 1740 g/mol. The molecule has 10 atom stereocenters. The fraction of sp³-hybridized carbons (Fsp3) is 0.611. The lowest BCUT2D eigenvalue weighted by Crippen LogP contribution is -2.29. The molecule has 7 aromatic carbocycles. The van der Waals surface area contributed by atoms with Crippen molar-refractivity contribution in [2.24, 2.45) is 63.1 Å². The lowest BCUT2D eigenvalue weighted by atomic mass is 9.89. The van der Waals surface area contributed by atoms with Crippen molar-refractivity contribution < 1.29 is 66.7 Å². The van der Waals surface area contributed by atoms with Crippen molar-refractivity contribution in [1.82, 2.24) is 0 Å². The van der Waals surface area contributed by atoms with E-state index in [1.807, 2.05) is 320 Å². The van der Waals surface area contributed by atoms with Crippen LogP contribution < -0.4 is 0 Å². The van der Waals surface area contributed by atoms with E-state index in [0.717, 1.165) is 115 Å². The summed E-state index contributed by atoms with van der Waals surface area (Å²) in [5.41, 5.74) is 7.20. The SMILES string of the molecule is C.C.C.C.C.C.C.C.C.C.C.C.C.C.CCC(C)(C)C(=O)OC(C)c1ccccc1C.CCC(C)(C)C(=O)OC(c1ccccc1)C(C)C.CCC(C)(C)C(=O)OC(c1ccccc1)C1CCCC1.CCC(C)C(=O)OC(c1ccccc1)C(C)C.CCC(C)C(=O)OC(c1ccccc1)C1CCCC1.CCCC(OC(=O)C(C)(C)CC)c1ccccc1.CCCC(OC(=O)C(C)CC)c1ccccc1. The summed E-state index contributed by atoms with van der Waals surface area (Å²) >= 11 is 0. The molecule has 2 fully saturated rings. The average Bonchev–Trinajstić information content (AvgIpc) is 0.931. The molecule has 0 N–H and O–H groups in total. The van der Waals surface area contributed by atoms with Gasteiger partial charge in [-0.05, 0) is 209 Å². The third kappa shape index (κ3) is 54.9. The first kappa shape index (κ1) is 156. The van der Waals surface area contributed by atoms with E-state index in [-0.39, 0.29) is 218 Å². The fourth-order valence-corrected chi connectivity index (χ4v) is 13.7. The molecule has 2 aliphatic carbocycles. The van der Waals surface area contributed by atoms with Gasteiger partial charge < -0.3 is 33.2 Å². The van der Waals surface area contributed by atoms with Crippen LogP contribution in [0.15, 0.2) is 206 Å². The third-order valence-corrected chi connectivity index (χ3v) is 25.0. The zero-order valence-corrected chi connectivity index (χ0v) is 82.4. The van der Waals surface area contributed by atoms with Gasteiger partial charge in [-0.2, -0.15) is 0 Å². The topological polar surface area (TPSA) is 184 Å². The molecule has 808 valence electrons. The Hall–Kier alpha value is -9.17. The van der Waals surface area contributed by atoms with Crippen LogP contribution in [0.4, 0.5) is 0 Å². The standard InChI is InChI=1S/C18H26O2.C17H24O2.2C16H24O2.3C15H22O2.14CH4/c1-4-18(2,3)17(19)20-16(15-12-8-9-13-15)14-10-6-5-7-11-14;1-3-13(2)17(18)19-16(15-11-7-8-12-15)14-9-5-4-6-10-14;1-6-16(4,5)15(17)18-14(12(2)3)13-10-8-7-9-11-13;1-5-10-14(13-11-8-7-9-12-13)18-15(17)16(3,4)6-2;1-6-15(4,5)14(16)17-12(3)13-10-8-7-9-11(13)2;1-5-12(4)15(16)17-14(11(2)3)13-9-7-6-8-10-13;1-4-9-14(13-10-7-6-8-11-13)17-15(16)12(3)5-2;;;;;;;;;;;;;;/h5-7,10-11,15-16H,4,8-9,12-13H2,1-3H3;4-6,9-10,13,15-16H,3,7-8,11-12H2,1-2H3;7-12,14H,6H2,1-5H3;7-9,11-12,14H,5-6,10H2,1-4H3;7-10,12H,6H2,1-5H3;6-12,14H,5H2,1-4H3;6-8,10-12,14H,4-5,9H2,1-3H3;14*1H4. The quantitative estimate of drug-likeness (QED) is 0.0267. The van der Waals surface area contributed by atoms with E-state index in [2.05, 4.69) is 65.8 Å². The minimum Gasteiger partial charge on any atom is -0.457 e. The van der Waals surface area contributed by atoms with Gasteiger partial charge in [0.15, 0.2) is 0 Å². The Kier molecular flexibility index (Phi) is 91.8. The van der Waals surface area contributed by atoms with Crippen LogP contribution in [-0.2, 0) is 66.7 Å². The van der Waals surface area contributed by atoms with Crippen LogP contribution in [0.25, 0.3) is 0 Å². The van der Waals surface area contributed by atoms with Gasteiger partial charge in [-0.25, -0.2) is 0 Å². The van der Waals surface area contributed by atoms with Crippen molar-refractivity contribution in [3.63, 3.8) is 0 Å². The highest BCUT2D eigenvalue weighted by Crippen LogP contribution is 2.42. The van der Waals surface area contributed by atoms with Crippen molar-refractivity contribution in [2.45, 2.75) is 449 Å². The summed E-state index contributed by atoms with van der Waals surface area (Å²) in [5.74, 6) is 0.814. The molecule has 0 radical (unpaired) electrons. The van der Waals surface area contributed by atoms with Crippen LogP contribution in [0.5, 0.6) is 0 Å². The molecule has 0 spiro atoms. The summed E-state index contributed by atoms with van der Waals surface area (Å²) in [6.07, 6.45) is 18.3. The predicted molar refractivity (Wildman–Crippen MR) is 610 cm³/mol. The van der Waals surface area contributed by atoms with Crippen LogP contribution in [0, 0.1) is 70.0 Å². The molecule has 0 heterocycles. The summed E-state index contributed by atoms with van der Waals surface area (Å²) in [6.45, 7) is 51.8. The average molecular weight is 1960 g/mol. The zero-order chi connectivity index (χ0) is 94.2. The smallest absolute Gasteiger partial charge is 0.312 e. The van der Waals surface area contributed by atoms with Crippen molar-refractivity contribution >= 4 is 41.8 Å². The Morgan fingerprint density at radius 2 is 0.514 bits per heavy atom. The molecule has 7 aromatic rings. The summed E-state index contributed by atoms with van der Waals surface area (Å²) in [6, 6.07) is 68.2. The lowest BCUT2D eigenvalue weighted by molar-refractivity contribution is -0.163. The van der Waals surface area contributed by atoms with Gasteiger partial charge in [0.2, 0.25) is 0 Å². The number of carbonyl (C=O) groups excluding carboxylic acids is 7. The Labute approximate surface area is 865 Å². The van der Waals surface area contributed by atoms with Crippen molar-refractivity contribution in [1.29, 1.82) is 0 Å². The molecule has 9 rings (SSSR count). The fourth-order valence-electron chi connectivity index (χ4n) is 13.7. The molecule has 0 aliphatic heterocycles. The number of ether oxygens (including phenoxy) is 7. The normalized spacial score (nSPS) is 13.6. The molecule has 0 aromatic heterocycles. The predicted octanol–water partition coefficient (Wildman–Crippen LogP) is 39.3. The van der Waals surface area contributed by atoms with Crippen LogP contribution in [0.1, 0.15) is 486 Å². The van der Waals surface area contributed by atoms with Gasteiger partial charge in [0.25, 0.3) is 0 Å². The van der Waals surface area contributed by atoms with Crippen LogP contribution >= 0.6 is 0 Å². The number of esters is 7. The highest BCUT2D eigenvalue weighted by Gasteiger charge is 2.37.